The SMILES string of the molecule is COC(=O)c1ccc2nc(-c3ccc(C)cc3)c(Cc3ccsc3)n2c1. The molecule has 0 aliphatic rings. The number of hydrogen-bond acceptors (Lipinski definition) is 4. The lowest BCUT2D eigenvalue weighted by atomic mass is 10.0. The van der Waals surface area contributed by atoms with E-state index in [1.54, 1.807) is 17.4 Å². The summed E-state index contributed by atoms with van der Waals surface area (Å²) in [6.07, 6.45) is 2.56. The van der Waals surface area contributed by atoms with Crippen LogP contribution in [0.5, 0.6) is 0 Å². The van der Waals surface area contributed by atoms with Crippen molar-refractivity contribution in [2.75, 3.05) is 7.11 Å². The fraction of sp³-hybridized carbons (Fsp3) is 0.143. The Labute approximate surface area is 155 Å². The van der Waals surface area contributed by atoms with Gasteiger partial charge in [-0.15, -0.1) is 0 Å². The van der Waals surface area contributed by atoms with Crippen LogP contribution in [0.3, 0.4) is 0 Å². The highest BCUT2D eigenvalue weighted by Crippen LogP contribution is 2.28. The molecule has 0 aliphatic heterocycles. The van der Waals surface area contributed by atoms with E-state index < -0.39 is 0 Å². The van der Waals surface area contributed by atoms with Crippen molar-refractivity contribution < 1.29 is 9.53 Å². The van der Waals surface area contributed by atoms with Gasteiger partial charge in [-0.05, 0) is 41.4 Å². The molecule has 0 radical (unpaired) electrons. The van der Waals surface area contributed by atoms with E-state index in [0.29, 0.717) is 5.56 Å². The van der Waals surface area contributed by atoms with Gasteiger partial charge >= 0.3 is 5.97 Å². The highest BCUT2D eigenvalue weighted by molar-refractivity contribution is 7.07. The van der Waals surface area contributed by atoms with Crippen LogP contribution < -0.4 is 0 Å². The number of aryl methyl sites for hydroxylation is 1. The number of ether oxygens (including phenoxy) is 1. The first-order valence-corrected chi connectivity index (χ1v) is 9.27. The van der Waals surface area contributed by atoms with E-state index in [2.05, 4.69) is 48.0 Å². The van der Waals surface area contributed by atoms with E-state index in [1.807, 2.05) is 16.7 Å². The lowest BCUT2D eigenvalue weighted by Crippen LogP contribution is -2.04. The molecule has 4 rings (SSSR count). The minimum absolute atomic E-state index is 0.348. The third-order valence-electron chi connectivity index (χ3n) is 4.42. The summed E-state index contributed by atoms with van der Waals surface area (Å²) >= 11 is 1.68. The number of benzene rings is 1. The van der Waals surface area contributed by atoms with Crippen LogP contribution in [0.15, 0.2) is 59.4 Å². The van der Waals surface area contributed by atoms with E-state index in [0.717, 1.165) is 29.0 Å². The Morgan fingerprint density at radius 3 is 2.65 bits per heavy atom. The predicted octanol–water partition coefficient (Wildman–Crippen LogP) is 4.75. The molecule has 0 N–H and O–H groups in total. The van der Waals surface area contributed by atoms with Gasteiger partial charge in [0.25, 0.3) is 0 Å². The van der Waals surface area contributed by atoms with Crippen LogP contribution in [0.25, 0.3) is 16.9 Å². The highest BCUT2D eigenvalue weighted by atomic mass is 32.1. The number of fused-ring (bicyclic) bond motifs is 1. The van der Waals surface area contributed by atoms with Crippen molar-refractivity contribution in [1.82, 2.24) is 9.38 Å². The maximum Gasteiger partial charge on any atom is 0.339 e. The second-order valence-corrected chi connectivity index (χ2v) is 7.00. The first-order valence-electron chi connectivity index (χ1n) is 8.33. The number of carbonyl (C=O) groups excluding carboxylic acids is 1. The quantitative estimate of drug-likeness (QED) is 0.492. The molecule has 0 saturated carbocycles. The number of thiophene rings is 1. The van der Waals surface area contributed by atoms with Gasteiger partial charge in [-0.2, -0.15) is 11.3 Å². The number of aromatic nitrogens is 2. The summed E-state index contributed by atoms with van der Waals surface area (Å²) in [5, 5.41) is 4.21. The molecule has 26 heavy (non-hydrogen) atoms. The highest BCUT2D eigenvalue weighted by Gasteiger charge is 2.16. The molecule has 0 unspecified atom stereocenters. The van der Waals surface area contributed by atoms with Gasteiger partial charge in [0.05, 0.1) is 24.1 Å². The Morgan fingerprint density at radius 1 is 1.15 bits per heavy atom. The van der Waals surface area contributed by atoms with Crippen LogP contribution in [0.1, 0.15) is 27.2 Å². The zero-order chi connectivity index (χ0) is 18.1. The van der Waals surface area contributed by atoms with Crippen LogP contribution in [0, 0.1) is 6.92 Å². The lowest BCUT2D eigenvalue weighted by Gasteiger charge is -2.06. The fourth-order valence-corrected chi connectivity index (χ4v) is 3.70. The molecule has 4 nitrogen and oxygen atoms in total. The Morgan fingerprint density at radius 2 is 1.96 bits per heavy atom. The maximum atomic E-state index is 11.9. The molecule has 0 spiro atoms. The van der Waals surface area contributed by atoms with Crippen molar-refractivity contribution in [3.8, 4) is 11.3 Å². The normalized spacial score (nSPS) is 11.0. The van der Waals surface area contributed by atoms with Crippen molar-refractivity contribution in [1.29, 1.82) is 0 Å². The standard InChI is InChI=1S/C21H18N2O2S/c1-14-3-5-16(6-4-14)20-18(11-15-9-10-26-13-15)23-12-17(21(24)25-2)7-8-19(23)22-20/h3-10,12-13H,11H2,1-2H3. The Hall–Kier alpha value is -2.92. The second kappa shape index (κ2) is 6.77. The lowest BCUT2D eigenvalue weighted by molar-refractivity contribution is 0.0600. The molecule has 0 aliphatic carbocycles. The molecule has 130 valence electrons. The third kappa shape index (κ3) is 3.02. The van der Waals surface area contributed by atoms with Gasteiger partial charge in [-0.3, -0.25) is 0 Å². The van der Waals surface area contributed by atoms with E-state index in [-0.39, 0.29) is 5.97 Å². The van der Waals surface area contributed by atoms with Gasteiger partial charge in [0.1, 0.15) is 5.65 Å². The van der Waals surface area contributed by atoms with Crippen LogP contribution >= 0.6 is 11.3 Å². The number of methoxy groups -OCH3 is 1. The maximum absolute atomic E-state index is 11.9. The summed E-state index contributed by atoms with van der Waals surface area (Å²) < 4.78 is 6.86. The number of esters is 1. The number of hydrogen-bond donors (Lipinski definition) is 0. The largest absolute Gasteiger partial charge is 0.465 e. The molecule has 0 fully saturated rings. The van der Waals surface area contributed by atoms with Gasteiger partial charge in [-0.25, -0.2) is 9.78 Å². The Balaban J connectivity index is 1.91. The number of imidazole rings is 1. The average molecular weight is 362 g/mol. The first kappa shape index (κ1) is 16.5. The molecule has 3 aromatic heterocycles. The Bertz CT molecular complexity index is 1060. The molecule has 4 aromatic rings. The van der Waals surface area contributed by atoms with Crippen LogP contribution in [0.2, 0.25) is 0 Å². The molecule has 0 amide bonds. The number of rotatable bonds is 4. The van der Waals surface area contributed by atoms with Crippen molar-refractivity contribution >= 4 is 23.0 Å². The molecule has 0 atom stereocenters. The summed E-state index contributed by atoms with van der Waals surface area (Å²) in [5.41, 5.74) is 6.85. The van der Waals surface area contributed by atoms with E-state index >= 15 is 0 Å². The van der Waals surface area contributed by atoms with E-state index in [1.165, 1.54) is 18.2 Å². The molecular formula is C21H18N2O2S. The van der Waals surface area contributed by atoms with Crippen LogP contribution in [0.4, 0.5) is 0 Å². The summed E-state index contributed by atoms with van der Waals surface area (Å²) in [7, 11) is 1.39. The van der Waals surface area contributed by atoms with Gasteiger partial charge < -0.3 is 9.14 Å². The van der Waals surface area contributed by atoms with E-state index in [9.17, 15) is 4.79 Å². The summed E-state index contributed by atoms with van der Waals surface area (Å²) in [6, 6.07) is 14.1. The molecule has 3 heterocycles. The van der Waals surface area contributed by atoms with Gasteiger partial charge in [0, 0.05) is 18.2 Å². The van der Waals surface area contributed by atoms with Crippen molar-refractivity contribution in [2.24, 2.45) is 0 Å². The summed E-state index contributed by atoms with van der Waals surface area (Å²) in [4.78, 5) is 16.8. The average Bonchev–Trinajstić information content (AvgIpc) is 3.30. The number of carbonyl (C=O) groups is 1. The van der Waals surface area contributed by atoms with Crippen molar-refractivity contribution in [3.05, 3.63) is 81.8 Å². The molecule has 0 saturated heterocycles. The summed E-state index contributed by atoms with van der Waals surface area (Å²) in [5.74, 6) is -0.348. The monoisotopic (exact) mass is 362 g/mol. The van der Waals surface area contributed by atoms with Crippen LogP contribution in [-0.4, -0.2) is 22.5 Å². The first-order chi connectivity index (χ1) is 12.7. The fourth-order valence-electron chi connectivity index (χ4n) is 3.03. The Kier molecular flexibility index (Phi) is 4.31. The van der Waals surface area contributed by atoms with Gasteiger partial charge in [-0.1, -0.05) is 29.8 Å². The smallest absolute Gasteiger partial charge is 0.339 e. The minimum Gasteiger partial charge on any atom is -0.465 e. The van der Waals surface area contributed by atoms with Crippen molar-refractivity contribution in [3.63, 3.8) is 0 Å². The zero-order valence-corrected chi connectivity index (χ0v) is 15.4. The molecular weight excluding hydrogens is 344 g/mol. The second-order valence-electron chi connectivity index (χ2n) is 6.22. The summed E-state index contributed by atoms with van der Waals surface area (Å²) in [6.45, 7) is 2.07. The number of nitrogens with zero attached hydrogens (tertiary/aromatic N) is 2. The molecule has 0 bridgehead atoms. The zero-order valence-electron chi connectivity index (χ0n) is 14.6. The third-order valence-corrected chi connectivity index (χ3v) is 5.15. The number of pyridine rings is 1. The minimum atomic E-state index is -0.348. The van der Waals surface area contributed by atoms with E-state index in [4.69, 9.17) is 9.72 Å². The molecule has 5 heteroatoms. The topological polar surface area (TPSA) is 43.6 Å². The molecule has 1 aromatic carbocycles. The van der Waals surface area contributed by atoms with Gasteiger partial charge in [0.15, 0.2) is 0 Å². The van der Waals surface area contributed by atoms with Crippen molar-refractivity contribution in [2.45, 2.75) is 13.3 Å². The van der Waals surface area contributed by atoms with Crippen LogP contribution in [-0.2, 0) is 11.2 Å². The predicted molar refractivity (Wildman–Crippen MR) is 104 cm³/mol. The van der Waals surface area contributed by atoms with Gasteiger partial charge in [0.2, 0.25) is 0 Å².